The SMILES string of the molecule is C=CCN(CCO)C(=O)c1cc(-c2ccccc2)no1. The van der Waals surface area contributed by atoms with Crippen LogP contribution in [0.1, 0.15) is 10.6 Å². The van der Waals surface area contributed by atoms with Gasteiger partial charge in [0.2, 0.25) is 5.76 Å². The van der Waals surface area contributed by atoms with E-state index in [1.165, 1.54) is 4.90 Å². The monoisotopic (exact) mass is 272 g/mol. The molecule has 0 aliphatic carbocycles. The molecule has 0 bridgehead atoms. The van der Waals surface area contributed by atoms with Gasteiger partial charge in [0.15, 0.2) is 0 Å². The Labute approximate surface area is 117 Å². The van der Waals surface area contributed by atoms with Crippen molar-refractivity contribution in [2.75, 3.05) is 19.7 Å². The first-order chi connectivity index (χ1) is 9.76. The molecule has 0 saturated carbocycles. The second-order valence-corrected chi connectivity index (χ2v) is 4.21. The molecule has 0 aliphatic heterocycles. The molecular weight excluding hydrogens is 256 g/mol. The standard InChI is InChI=1S/C15H16N2O3/c1-2-8-17(9-10-18)15(19)14-11-13(16-20-14)12-6-4-3-5-7-12/h2-7,11,18H,1,8-10H2. The lowest BCUT2D eigenvalue weighted by molar-refractivity contribution is 0.0701. The van der Waals surface area contributed by atoms with E-state index in [4.69, 9.17) is 9.63 Å². The summed E-state index contributed by atoms with van der Waals surface area (Å²) in [5.41, 5.74) is 1.49. The normalized spacial score (nSPS) is 10.2. The van der Waals surface area contributed by atoms with Crippen LogP contribution in [0, 0.1) is 0 Å². The second-order valence-electron chi connectivity index (χ2n) is 4.21. The number of carbonyl (C=O) groups excluding carboxylic acids is 1. The van der Waals surface area contributed by atoms with Crippen molar-refractivity contribution in [3.8, 4) is 11.3 Å². The lowest BCUT2D eigenvalue weighted by atomic mass is 10.1. The van der Waals surface area contributed by atoms with E-state index in [1.807, 2.05) is 30.3 Å². The predicted molar refractivity (Wildman–Crippen MR) is 75.1 cm³/mol. The van der Waals surface area contributed by atoms with Gasteiger partial charge in [-0.15, -0.1) is 6.58 Å². The zero-order valence-corrected chi connectivity index (χ0v) is 11.0. The molecule has 0 unspecified atom stereocenters. The van der Waals surface area contributed by atoms with Crippen LogP contribution in [0.4, 0.5) is 0 Å². The maximum Gasteiger partial charge on any atom is 0.292 e. The van der Waals surface area contributed by atoms with Crippen LogP contribution in [0.2, 0.25) is 0 Å². The first-order valence-electron chi connectivity index (χ1n) is 6.29. The third kappa shape index (κ3) is 3.13. The average molecular weight is 272 g/mol. The topological polar surface area (TPSA) is 66.6 Å². The number of nitrogens with zero attached hydrogens (tertiary/aromatic N) is 2. The number of rotatable bonds is 6. The Morgan fingerprint density at radius 2 is 2.15 bits per heavy atom. The number of carbonyl (C=O) groups is 1. The van der Waals surface area contributed by atoms with Gasteiger partial charge in [-0.1, -0.05) is 41.6 Å². The lowest BCUT2D eigenvalue weighted by Crippen LogP contribution is -2.33. The van der Waals surface area contributed by atoms with Crippen molar-refractivity contribution in [2.24, 2.45) is 0 Å². The Morgan fingerprint density at radius 3 is 2.80 bits per heavy atom. The number of aliphatic hydroxyl groups excluding tert-OH is 1. The molecule has 2 rings (SSSR count). The highest BCUT2D eigenvalue weighted by Gasteiger charge is 2.19. The molecule has 0 aliphatic rings. The van der Waals surface area contributed by atoms with Gasteiger partial charge in [-0.05, 0) is 0 Å². The minimum Gasteiger partial charge on any atom is -0.395 e. The molecule has 0 spiro atoms. The Hall–Kier alpha value is -2.40. The van der Waals surface area contributed by atoms with Crippen LogP contribution >= 0.6 is 0 Å². The van der Waals surface area contributed by atoms with Crippen LogP contribution in [-0.2, 0) is 0 Å². The van der Waals surface area contributed by atoms with Crippen molar-refractivity contribution in [1.29, 1.82) is 0 Å². The number of aliphatic hydroxyl groups is 1. The third-order valence-corrected chi connectivity index (χ3v) is 2.80. The Kier molecular flexibility index (Phi) is 4.68. The van der Waals surface area contributed by atoms with Crippen LogP contribution < -0.4 is 0 Å². The van der Waals surface area contributed by atoms with E-state index in [0.717, 1.165) is 5.56 Å². The zero-order chi connectivity index (χ0) is 14.4. The molecule has 1 heterocycles. The molecule has 5 heteroatoms. The van der Waals surface area contributed by atoms with E-state index in [9.17, 15) is 4.79 Å². The van der Waals surface area contributed by atoms with Crippen LogP contribution in [-0.4, -0.2) is 40.8 Å². The molecule has 5 nitrogen and oxygen atoms in total. The minimum absolute atomic E-state index is 0.112. The average Bonchev–Trinajstić information content (AvgIpc) is 2.97. The van der Waals surface area contributed by atoms with Gasteiger partial charge >= 0.3 is 0 Å². The summed E-state index contributed by atoms with van der Waals surface area (Å²) in [5.74, 6) is -0.159. The van der Waals surface area contributed by atoms with Gasteiger partial charge in [0.05, 0.1) is 6.61 Å². The number of hydrogen-bond donors (Lipinski definition) is 1. The third-order valence-electron chi connectivity index (χ3n) is 2.80. The van der Waals surface area contributed by atoms with Crippen LogP contribution in [0.3, 0.4) is 0 Å². The van der Waals surface area contributed by atoms with Gasteiger partial charge in [0, 0.05) is 24.7 Å². The Bertz CT molecular complexity index is 578. The van der Waals surface area contributed by atoms with Crippen LogP contribution in [0.25, 0.3) is 11.3 Å². The van der Waals surface area contributed by atoms with E-state index < -0.39 is 0 Å². The van der Waals surface area contributed by atoms with Gasteiger partial charge in [0.1, 0.15) is 5.69 Å². The summed E-state index contributed by atoms with van der Waals surface area (Å²) >= 11 is 0. The highest BCUT2D eigenvalue weighted by atomic mass is 16.5. The van der Waals surface area contributed by atoms with E-state index >= 15 is 0 Å². The first kappa shape index (κ1) is 14.0. The number of aromatic nitrogens is 1. The maximum atomic E-state index is 12.2. The summed E-state index contributed by atoms with van der Waals surface area (Å²) in [6.45, 7) is 4.05. The molecule has 0 atom stereocenters. The maximum absolute atomic E-state index is 12.2. The molecule has 20 heavy (non-hydrogen) atoms. The lowest BCUT2D eigenvalue weighted by Gasteiger charge is -2.17. The molecule has 0 radical (unpaired) electrons. The minimum atomic E-state index is -0.311. The van der Waals surface area contributed by atoms with Gasteiger partial charge < -0.3 is 14.5 Å². The van der Waals surface area contributed by atoms with Crippen LogP contribution in [0.15, 0.2) is 53.6 Å². The van der Waals surface area contributed by atoms with Crippen molar-refractivity contribution >= 4 is 5.91 Å². The van der Waals surface area contributed by atoms with E-state index in [0.29, 0.717) is 12.2 Å². The van der Waals surface area contributed by atoms with E-state index in [2.05, 4.69) is 11.7 Å². The van der Waals surface area contributed by atoms with Crippen molar-refractivity contribution < 1.29 is 14.4 Å². The molecule has 1 aromatic carbocycles. The molecule has 2 aromatic rings. The molecule has 1 aromatic heterocycles. The molecule has 104 valence electrons. The van der Waals surface area contributed by atoms with Crippen molar-refractivity contribution in [3.63, 3.8) is 0 Å². The summed E-state index contributed by atoms with van der Waals surface area (Å²) < 4.78 is 5.10. The predicted octanol–water partition coefficient (Wildman–Crippen LogP) is 1.96. The number of amides is 1. The summed E-state index contributed by atoms with van der Waals surface area (Å²) in [5, 5.41) is 12.9. The van der Waals surface area contributed by atoms with Crippen LogP contribution in [0.5, 0.6) is 0 Å². The molecule has 0 fully saturated rings. The molecule has 1 N–H and O–H groups in total. The van der Waals surface area contributed by atoms with Crippen molar-refractivity contribution in [3.05, 3.63) is 54.8 Å². The summed E-state index contributed by atoms with van der Waals surface area (Å²) in [7, 11) is 0. The Morgan fingerprint density at radius 1 is 1.40 bits per heavy atom. The van der Waals surface area contributed by atoms with Gasteiger partial charge in [0.25, 0.3) is 5.91 Å². The van der Waals surface area contributed by atoms with Crippen molar-refractivity contribution in [1.82, 2.24) is 10.1 Å². The summed E-state index contributed by atoms with van der Waals surface area (Å²) in [4.78, 5) is 13.6. The highest BCUT2D eigenvalue weighted by Crippen LogP contribution is 2.19. The highest BCUT2D eigenvalue weighted by molar-refractivity contribution is 5.92. The van der Waals surface area contributed by atoms with E-state index in [1.54, 1.807) is 12.1 Å². The quantitative estimate of drug-likeness (QED) is 0.816. The Balaban J connectivity index is 2.19. The molecule has 1 amide bonds. The number of benzene rings is 1. The molecule has 0 saturated heterocycles. The first-order valence-corrected chi connectivity index (χ1v) is 6.29. The second kappa shape index (κ2) is 6.68. The van der Waals surface area contributed by atoms with Gasteiger partial charge in [-0.2, -0.15) is 0 Å². The van der Waals surface area contributed by atoms with Gasteiger partial charge in [-0.25, -0.2) is 0 Å². The summed E-state index contributed by atoms with van der Waals surface area (Å²) in [6, 6.07) is 11.1. The van der Waals surface area contributed by atoms with E-state index in [-0.39, 0.29) is 24.8 Å². The zero-order valence-electron chi connectivity index (χ0n) is 11.0. The van der Waals surface area contributed by atoms with Crippen molar-refractivity contribution in [2.45, 2.75) is 0 Å². The van der Waals surface area contributed by atoms with Gasteiger partial charge in [-0.3, -0.25) is 4.79 Å². The fourth-order valence-corrected chi connectivity index (χ4v) is 1.83. The fourth-order valence-electron chi connectivity index (χ4n) is 1.83. The fraction of sp³-hybridized carbons (Fsp3) is 0.200. The number of hydrogen-bond acceptors (Lipinski definition) is 4. The summed E-state index contributed by atoms with van der Waals surface area (Å²) in [6.07, 6.45) is 1.60. The smallest absolute Gasteiger partial charge is 0.292 e. The molecular formula is C15H16N2O3. The largest absolute Gasteiger partial charge is 0.395 e.